The Morgan fingerprint density at radius 3 is 2.62 bits per heavy atom. The van der Waals surface area contributed by atoms with E-state index in [-0.39, 0.29) is 4.90 Å². The molecule has 0 bridgehead atoms. The van der Waals surface area contributed by atoms with Gasteiger partial charge in [-0.25, -0.2) is 17.5 Å². The molecule has 2 aromatic carbocycles. The van der Waals surface area contributed by atoms with Crippen LogP contribution in [0, 0.1) is 12.7 Å². The minimum Gasteiger partial charge on any atom is -0.487 e. The van der Waals surface area contributed by atoms with E-state index in [0.717, 1.165) is 5.56 Å². The Kier molecular flexibility index (Phi) is 4.13. The third-order valence-corrected chi connectivity index (χ3v) is 5.58. The maximum absolute atomic E-state index is 13.4. The number of rotatable bonds is 3. The normalized spacial score (nSPS) is 19.4. The Balaban J connectivity index is 1.96. The van der Waals surface area contributed by atoms with Gasteiger partial charge in [0.1, 0.15) is 17.2 Å². The summed E-state index contributed by atoms with van der Waals surface area (Å²) >= 11 is 0. The predicted octanol–water partition coefficient (Wildman–Crippen LogP) is 3.71. The lowest BCUT2D eigenvalue weighted by molar-refractivity contribution is 0.0702. The third-order valence-electron chi connectivity index (χ3n) is 4.11. The van der Waals surface area contributed by atoms with Crippen molar-refractivity contribution >= 4 is 10.0 Å². The van der Waals surface area contributed by atoms with Crippen molar-refractivity contribution in [1.29, 1.82) is 0 Å². The van der Waals surface area contributed by atoms with Crippen LogP contribution in [0.4, 0.5) is 4.39 Å². The second-order valence-corrected chi connectivity index (χ2v) is 8.40. The summed E-state index contributed by atoms with van der Waals surface area (Å²) in [6.07, 6.45) is 0.503. The Morgan fingerprint density at radius 2 is 1.92 bits per heavy atom. The largest absolute Gasteiger partial charge is 0.487 e. The molecule has 0 saturated heterocycles. The highest BCUT2D eigenvalue weighted by atomic mass is 32.2. The summed E-state index contributed by atoms with van der Waals surface area (Å²) in [5.74, 6) is 0.253. The van der Waals surface area contributed by atoms with Gasteiger partial charge in [-0.15, -0.1) is 0 Å². The first kappa shape index (κ1) is 16.9. The number of benzene rings is 2. The minimum atomic E-state index is -3.76. The molecule has 6 heteroatoms. The number of sulfonamides is 1. The summed E-state index contributed by atoms with van der Waals surface area (Å²) in [5.41, 5.74) is 0.616. The van der Waals surface area contributed by atoms with Crippen molar-refractivity contribution in [2.75, 3.05) is 0 Å². The van der Waals surface area contributed by atoms with Crippen LogP contribution in [0.1, 0.15) is 37.4 Å². The molecule has 1 aliphatic heterocycles. The monoisotopic (exact) mass is 349 g/mol. The number of hydrogen-bond donors (Lipinski definition) is 1. The van der Waals surface area contributed by atoms with Gasteiger partial charge in [-0.2, -0.15) is 0 Å². The topological polar surface area (TPSA) is 55.4 Å². The van der Waals surface area contributed by atoms with Gasteiger partial charge in [0.05, 0.1) is 10.9 Å². The van der Waals surface area contributed by atoms with E-state index in [9.17, 15) is 12.8 Å². The molecule has 0 spiro atoms. The maximum Gasteiger partial charge on any atom is 0.241 e. The molecular weight excluding hydrogens is 329 g/mol. The molecule has 1 aliphatic rings. The van der Waals surface area contributed by atoms with Crippen LogP contribution in [0.2, 0.25) is 0 Å². The van der Waals surface area contributed by atoms with Crippen molar-refractivity contribution in [1.82, 2.24) is 4.72 Å². The fourth-order valence-electron chi connectivity index (χ4n) is 2.95. The predicted molar refractivity (Wildman–Crippen MR) is 90.0 cm³/mol. The number of nitrogens with one attached hydrogen (secondary N) is 1. The van der Waals surface area contributed by atoms with E-state index in [1.165, 1.54) is 18.2 Å². The Bertz CT molecular complexity index is 878. The molecule has 1 N–H and O–H groups in total. The first-order chi connectivity index (χ1) is 11.2. The SMILES string of the molecule is Cc1cc(S(=O)(=O)N[C@H]2CC(C)(C)Oc3ccccc32)ccc1F. The van der Waals surface area contributed by atoms with E-state index in [1.54, 1.807) is 6.92 Å². The lowest BCUT2D eigenvalue weighted by Crippen LogP contribution is -2.41. The van der Waals surface area contributed by atoms with E-state index in [1.807, 2.05) is 38.1 Å². The van der Waals surface area contributed by atoms with Crippen LogP contribution in [-0.4, -0.2) is 14.0 Å². The van der Waals surface area contributed by atoms with Gasteiger partial charge in [0.25, 0.3) is 0 Å². The minimum absolute atomic E-state index is 0.0585. The van der Waals surface area contributed by atoms with Crippen LogP contribution in [0.5, 0.6) is 5.75 Å². The molecule has 0 saturated carbocycles. The third kappa shape index (κ3) is 3.30. The van der Waals surface area contributed by atoms with Crippen LogP contribution in [0.15, 0.2) is 47.4 Å². The Labute approximate surface area is 141 Å². The molecule has 3 rings (SSSR count). The van der Waals surface area contributed by atoms with Gasteiger partial charge in [-0.3, -0.25) is 0 Å². The van der Waals surface area contributed by atoms with Crippen LogP contribution in [0.3, 0.4) is 0 Å². The summed E-state index contributed by atoms with van der Waals surface area (Å²) in [5, 5.41) is 0. The van der Waals surface area contributed by atoms with E-state index < -0.39 is 27.5 Å². The molecule has 0 fully saturated rings. The second kappa shape index (κ2) is 5.86. The van der Waals surface area contributed by atoms with Crippen molar-refractivity contribution < 1.29 is 17.5 Å². The summed E-state index contributed by atoms with van der Waals surface area (Å²) < 4.78 is 47.5. The number of hydrogen-bond acceptors (Lipinski definition) is 3. The van der Waals surface area contributed by atoms with E-state index >= 15 is 0 Å². The first-order valence-corrected chi connectivity index (χ1v) is 9.23. The van der Waals surface area contributed by atoms with Crippen LogP contribution in [0.25, 0.3) is 0 Å². The molecule has 1 atom stereocenters. The van der Waals surface area contributed by atoms with Gasteiger partial charge < -0.3 is 4.74 Å². The van der Waals surface area contributed by atoms with Gasteiger partial charge in [0.2, 0.25) is 10.0 Å². The van der Waals surface area contributed by atoms with Gasteiger partial charge in [-0.1, -0.05) is 18.2 Å². The Morgan fingerprint density at radius 1 is 1.21 bits per heavy atom. The highest BCUT2D eigenvalue weighted by molar-refractivity contribution is 7.89. The number of halogens is 1. The quantitative estimate of drug-likeness (QED) is 0.919. The molecule has 0 amide bonds. The molecule has 0 unspecified atom stereocenters. The van der Waals surface area contributed by atoms with Crippen molar-refractivity contribution in [2.24, 2.45) is 0 Å². The highest BCUT2D eigenvalue weighted by Crippen LogP contribution is 2.39. The fraction of sp³-hybridized carbons (Fsp3) is 0.333. The number of ether oxygens (including phenoxy) is 1. The standard InChI is InChI=1S/C18H20FNO3S/c1-12-10-13(8-9-15(12)19)24(21,22)20-16-11-18(2,3)23-17-7-5-4-6-14(16)17/h4-10,16,20H,11H2,1-3H3/t16-/m0/s1. The summed E-state index contributed by atoms with van der Waals surface area (Å²) in [4.78, 5) is 0.0585. The lowest BCUT2D eigenvalue weighted by atomic mass is 9.90. The van der Waals surface area contributed by atoms with Gasteiger partial charge in [0.15, 0.2) is 0 Å². The van der Waals surface area contributed by atoms with Crippen molar-refractivity contribution in [3.05, 3.63) is 59.4 Å². The molecule has 128 valence electrons. The maximum atomic E-state index is 13.4. The first-order valence-electron chi connectivity index (χ1n) is 7.74. The lowest BCUT2D eigenvalue weighted by Gasteiger charge is -2.37. The highest BCUT2D eigenvalue weighted by Gasteiger charge is 2.35. The van der Waals surface area contributed by atoms with Crippen molar-refractivity contribution in [2.45, 2.75) is 43.7 Å². The summed E-state index contributed by atoms with van der Waals surface area (Å²) in [7, 11) is -3.76. The smallest absolute Gasteiger partial charge is 0.241 e. The van der Waals surface area contributed by atoms with Crippen LogP contribution in [-0.2, 0) is 10.0 Å². The zero-order valence-electron chi connectivity index (χ0n) is 13.8. The average Bonchev–Trinajstić information content (AvgIpc) is 2.48. The molecule has 0 aliphatic carbocycles. The van der Waals surface area contributed by atoms with Crippen molar-refractivity contribution in [3.8, 4) is 5.75 Å². The summed E-state index contributed by atoms with van der Waals surface area (Å²) in [6, 6.07) is 10.8. The summed E-state index contributed by atoms with van der Waals surface area (Å²) in [6.45, 7) is 5.39. The zero-order valence-corrected chi connectivity index (χ0v) is 14.7. The van der Waals surface area contributed by atoms with Gasteiger partial charge >= 0.3 is 0 Å². The molecule has 2 aromatic rings. The second-order valence-electron chi connectivity index (χ2n) is 6.69. The average molecular weight is 349 g/mol. The number of fused-ring (bicyclic) bond motifs is 1. The van der Waals surface area contributed by atoms with Crippen molar-refractivity contribution in [3.63, 3.8) is 0 Å². The molecule has 0 radical (unpaired) electrons. The van der Waals surface area contributed by atoms with Gasteiger partial charge in [0, 0.05) is 12.0 Å². The van der Waals surface area contributed by atoms with E-state index in [4.69, 9.17) is 4.74 Å². The van der Waals surface area contributed by atoms with Crippen LogP contribution < -0.4 is 9.46 Å². The Hall–Kier alpha value is -1.92. The van der Waals surface area contributed by atoms with Gasteiger partial charge in [-0.05, 0) is 50.6 Å². The van der Waals surface area contributed by atoms with Crippen LogP contribution >= 0.6 is 0 Å². The molecule has 4 nitrogen and oxygen atoms in total. The van der Waals surface area contributed by atoms with E-state index in [0.29, 0.717) is 17.7 Å². The molecule has 1 heterocycles. The molecule has 24 heavy (non-hydrogen) atoms. The number of aryl methyl sites for hydroxylation is 1. The zero-order chi connectivity index (χ0) is 17.5. The number of para-hydroxylation sites is 1. The molecule has 0 aromatic heterocycles. The van der Waals surface area contributed by atoms with E-state index in [2.05, 4.69) is 4.72 Å². The molecular formula is C18H20FNO3S. The fourth-order valence-corrected chi connectivity index (χ4v) is 4.25.